The van der Waals surface area contributed by atoms with Gasteiger partial charge in [-0.1, -0.05) is 22.7 Å². The molecule has 198 valence electrons. The highest BCUT2D eigenvalue weighted by Crippen LogP contribution is 2.38. The number of halogens is 2. The van der Waals surface area contributed by atoms with Crippen LogP contribution >= 0.6 is 11.6 Å². The largest absolute Gasteiger partial charge is 0.466 e. The predicted molar refractivity (Wildman–Crippen MR) is 142 cm³/mol. The van der Waals surface area contributed by atoms with E-state index in [1.807, 2.05) is 12.1 Å². The van der Waals surface area contributed by atoms with Crippen molar-refractivity contribution in [1.82, 2.24) is 20.7 Å². The van der Waals surface area contributed by atoms with E-state index in [1.165, 1.54) is 19.2 Å². The Kier molecular flexibility index (Phi) is 7.71. The fourth-order valence-corrected chi connectivity index (χ4v) is 5.63. The maximum absolute atomic E-state index is 13.9. The second-order valence-electron chi connectivity index (χ2n) is 10.7. The van der Waals surface area contributed by atoms with E-state index in [0.29, 0.717) is 29.2 Å². The van der Waals surface area contributed by atoms with E-state index >= 15 is 0 Å². The van der Waals surface area contributed by atoms with Crippen LogP contribution in [0, 0.1) is 5.82 Å². The number of aromatic nitrogens is 1. The number of hydrogen-bond donors (Lipinski definition) is 2. The van der Waals surface area contributed by atoms with Crippen molar-refractivity contribution in [3.05, 3.63) is 76.0 Å². The first-order valence-corrected chi connectivity index (χ1v) is 12.6. The molecule has 10 heteroatoms. The Labute approximate surface area is 221 Å². The van der Waals surface area contributed by atoms with Crippen molar-refractivity contribution < 1.29 is 19.1 Å². The van der Waals surface area contributed by atoms with Crippen LogP contribution in [0.15, 0.2) is 59.0 Å². The van der Waals surface area contributed by atoms with E-state index in [0.717, 1.165) is 18.4 Å². The fourth-order valence-electron chi connectivity index (χ4n) is 5.36. The zero-order valence-electron chi connectivity index (χ0n) is 21.7. The molecule has 3 heterocycles. The number of nitrogens with zero attached hydrogens (tertiary/aromatic N) is 3. The van der Waals surface area contributed by atoms with Crippen LogP contribution in [0.25, 0.3) is 0 Å². The molecular formula is C27H34ClFN5O3+. The molecule has 1 aromatic heterocycles. The van der Waals surface area contributed by atoms with Crippen molar-refractivity contribution in [1.29, 1.82) is 0 Å². The minimum atomic E-state index is -0.801. The molecule has 1 fully saturated rings. The summed E-state index contributed by atoms with van der Waals surface area (Å²) >= 11 is 6.44. The third kappa shape index (κ3) is 5.70. The summed E-state index contributed by atoms with van der Waals surface area (Å²) in [6.45, 7) is 8.59. The Hall–Kier alpha value is -2.85. The van der Waals surface area contributed by atoms with Crippen LogP contribution in [0.2, 0.25) is 5.02 Å². The number of amidine groups is 1. The summed E-state index contributed by atoms with van der Waals surface area (Å²) < 4.78 is 19.0. The standard InChI is InChI=1S/C27H33ClFN5O3/c1-26(2)13-18(14-27(3,4)34(26)36)31-15-21-22(25(35)37-5)23(19-7-6-17(29)12-20(19)28)33-24(32-21)16-8-10-30-11-9-16/h6-12,18,23,31,36H,13-15H2,1-5H3,(H,32,33)/p+1. The summed E-state index contributed by atoms with van der Waals surface area (Å²) in [5.41, 5.74) is 1.53. The van der Waals surface area contributed by atoms with Gasteiger partial charge in [0, 0.05) is 46.8 Å². The third-order valence-corrected chi connectivity index (χ3v) is 7.34. The van der Waals surface area contributed by atoms with Crippen LogP contribution in [0.4, 0.5) is 4.39 Å². The summed E-state index contributed by atoms with van der Waals surface area (Å²) in [5.74, 6) is -0.481. The highest BCUT2D eigenvalue weighted by Gasteiger charge is 2.48. The zero-order chi connectivity index (χ0) is 27.0. The van der Waals surface area contributed by atoms with Gasteiger partial charge in [-0.05, 0) is 64.8 Å². The van der Waals surface area contributed by atoms with Crippen LogP contribution in [0.3, 0.4) is 0 Å². The molecule has 1 unspecified atom stereocenters. The number of esters is 1. The Morgan fingerprint density at radius 2 is 1.86 bits per heavy atom. The average Bonchev–Trinajstić information content (AvgIpc) is 2.85. The first kappa shape index (κ1) is 27.2. The van der Waals surface area contributed by atoms with Gasteiger partial charge in [0.25, 0.3) is 0 Å². The molecule has 0 saturated carbocycles. The molecule has 4 rings (SSSR count). The number of rotatable bonds is 6. The van der Waals surface area contributed by atoms with Crippen LogP contribution in [-0.2, 0) is 9.53 Å². The molecule has 4 N–H and O–H groups in total. The van der Waals surface area contributed by atoms with Gasteiger partial charge in [-0.3, -0.25) is 9.98 Å². The Morgan fingerprint density at radius 3 is 2.46 bits per heavy atom. The zero-order valence-corrected chi connectivity index (χ0v) is 22.5. The molecule has 2 aliphatic rings. The van der Waals surface area contributed by atoms with Crippen molar-refractivity contribution in [2.45, 2.75) is 63.7 Å². The molecule has 0 radical (unpaired) electrons. The summed E-state index contributed by atoms with van der Waals surface area (Å²) in [7, 11) is 1.32. The van der Waals surface area contributed by atoms with E-state index in [9.17, 15) is 9.18 Å². The molecule has 0 spiro atoms. The Bertz CT molecular complexity index is 1210. The number of carbonyl (C=O) groups excluding carboxylic acids is 1. The van der Waals surface area contributed by atoms with E-state index in [2.05, 4.69) is 43.3 Å². The predicted octanol–water partition coefficient (Wildman–Crippen LogP) is 3.64. The van der Waals surface area contributed by atoms with Crippen molar-refractivity contribution in [3.63, 3.8) is 0 Å². The van der Waals surface area contributed by atoms with Crippen LogP contribution in [0.1, 0.15) is 57.7 Å². The number of pyridine rings is 1. The minimum absolute atomic E-state index is 0.107. The van der Waals surface area contributed by atoms with Crippen LogP contribution < -0.4 is 10.6 Å². The monoisotopic (exact) mass is 530 g/mol. The lowest BCUT2D eigenvalue weighted by molar-refractivity contribution is -0.246. The molecule has 37 heavy (non-hydrogen) atoms. The topological polar surface area (TPSA) is 102 Å². The lowest BCUT2D eigenvalue weighted by Gasteiger charge is -2.48. The van der Waals surface area contributed by atoms with Crippen LogP contribution in [0.5, 0.6) is 0 Å². The summed E-state index contributed by atoms with van der Waals surface area (Å²) in [5, 5.41) is 17.3. The summed E-state index contributed by atoms with van der Waals surface area (Å²) in [6.07, 6.45) is 4.85. The highest BCUT2D eigenvalue weighted by atomic mass is 35.5. The Morgan fingerprint density at radius 1 is 1.22 bits per heavy atom. The van der Waals surface area contributed by atoms with Gasteiger partial charge in [0.2, 0.25) is 0 Å². The van der Waals surface area contributed by atoms with Gasteiger partial charge in [0.15, 0.2) is 0 Å². The molecule has 1 aromatic carbocycles. The maximum atomic E-state index is 13.9. The fraction of sp³-hybridized carbons (Fsp3) is 0.444. The smallest absolute Gasteiger partial charge is 0.338 e. The van der Waals surface area contributed by atoms with Gasteiger partial charge in [0.1, 0.15) is 17.7 Å². The van der Waals surface area contributed by atoms with Crippen molar-refractivity contribution in [3.8, 4) is 0 Å². The summed E-state index contributed by atoms with van der Waals surface area (Å²) in [6, 6.07) is 7.00. The maximum Gasteiger partial charge on any atom is 0.338 e. The first-order chi connectivity index (χ1) is 17.4. The molecule has 0 bridgehead atoms. The van der Waals surface area contributed by atoms with Gasteiger partial charge in [-0.15, -0.1) is 0 Å². The minimum Gasteiger partial charge on any atom is -0.466 e. The third-order valence-electron chi connectivity index (χ3n) is 7.01. The molecule has 0 amide bonds. The number of hydroxylamine groups is 2. The number of carbonyl (C=O) groups is 1. The van der Waals surface area contributed by atoms with Crippen LogP contribution in [-0.4, -0.2) is 57.8 Å². The molecule has 2 aromatic rings. The summed E-state index contributed by atoms with van der Waals surface area (Å²) in [4.78, 5) is 22.0. The number of piperidine rings is 1. The van der Waals surface area contributed by atoms with Gasteiger partial charge >= 0.3 is 5.97 Å². The van der Waals surface area contributed by atoms with Crippen molar-refractivity contribution >= 4 is 23.4 Å². The van der Waals surface area contributed by atoms with E-state index in [-0.39, 0.29) is 22.1 Å². The van der Waals surface area contributed by atoms with E-state index in [4.69, 9.17) is 26.5 Å². The molecule has 1 saturated heterocycles. The number of methoxy groups -OCH3 is 1. The average molecular weight is 531 g/mol. The number of aliphatic imine (C=N–C) groups is 1. The second-order valence-corrected chi connectivity index (χ2v) is 11.1. The molecule has 1 atom stereocenters. The van der Waals surface area contributed by atoms with Gasteiger partial charge in [-0.25, -0.2) is 9.18 Å². The number of hydrogen-bond acceptors (Lipinski definition) is 7. The highest BCUT2D eigenvalue weighted by molar-refractivity contribution is 6.31. The van der Waals surface area contributed by atoms with Gasteiger partial charge < -0.3 is 20.6 Å². The SMILES string of the molecule is COC(=O)C1=C(CNC2CC(C)(C)N([OH2+])C(C)(C)C2)NC(c2ccncc2)=NC1c1ccc(F)cc1Cl. The number of nitrogens with one attached hydrogen (secondary N) is 2. The van der Waals surface area contributed by atoms with Gasteiger partial charge in [-0.2, -0.15) is 0 Å². The molecular weight excluding hydrogens is 497 g/mol. The molecule has 2 aliphatic heterocycles. The van der Waals surface area contributed by atoms with Crippen molar-refractivity contribution in [2.24, 2.45) is 4.99 Å². The Balaban J connectivity index is 1.74. The normalized spacial score (nSPS) is 21.8. The number of benzene rings is 1. The number of ether oxygens (including phenoxy) is 1. The molecule has 8 nitrogen and oxygen atoms in total. The van der Waals surface area contributed by atoms with E-state index in [1.54, 1.807) is 23.5 Å². The van der Waals surface area contributed by atoms with E-state index < -0.39 is 17.8 Å². The lowest BCUT2D eigenvalue weighted by atomic mass is 9.79. The van der Waals surface area contributed by atoms with Gasteiger partial charge in [0.05, 0.1) is 23.8 Å². The quantitative estimate of drug-likeness (QED) is 0.437. The lowest BCUT2D eigenvalue weighted by Crippen LogP contribution is -2.62. The first-order valence-electron chi connectivity index (χ1n) is 12.2. The van der Waals surface area contributed by atoms with Crippen molar-refractivity contribution in [2.75, 3.05) is 13.7 Å². The second kappa shape index (κ2) is 10.5. The molecule has 0 aliphatic carbocycles.